The molecule has 3 aromatic rings. The molecule has 31 heavy (non-hydrogen) atoms. The highest BCUT2D eigenvalue weighted by atomic mass is 19.1. The lowest BCUT2D eigenvalue weighted by Gasteiger charge is -2.12. The number of aromatic hydroxyl groups is 1. The summed E-state index contributed by atoms with van der Waals surface area (Å²) in [6.07, 6.45) is 0. The third-order valence-corrected chi connectivity index (χ3v) is 4.25. The second-order valence-corrected chi connectivity index (χ2v) is 6.65. The van der Waals surface area contributed by atoms with E-state index >= 15 is 0 Å². The fraction of sp³-hybridized carbons (Fsp3) is 0.0870. The maximum atomic E-state index is 13.0. The predicted octanol–water partition coefficient (Wildman–Crippen LogP) is 3.89. The van der Waals surface area contributed by atoms with Crippen LogP contribution in [0.1, 0.15) is 26.3 Å². The van der Waals surface area contributed by atoms with E-state index < -0.39 is 30.2 Å². The normalized spacial score (nSPS) is 10.3. The van der Waals surface area contributed by atoms with Gasteiger partial charge in [-0.25, -0.2) is 9.18 Å². The van der Waals surface area contributed by atoms with Crippen molar-refractivity contribution in [2.45, 2.75) is 6.92 Å². The van der Waals surface area contributed by atoms with E-state index in [0.29, 0.717) is 5.69 Å². The Morgan fingerprint density at radius 1 is 0.935 bits per heavy atom. The number of ether oxygens (including phenoxy) is 1. The largest absolute Gasteiger partial charge is 0.507 e. The molecule has 7 nitrogen and oxygen atoms in total. The van der Waals surface area contributed by atoms with Gasteiger partial charge < -0.3 is 20.5 Å². The van der Waals surface area contributed by atoms with Gasteiger partial charge >= 0.3 is 5.97 Å². The summed E-state index contributed by atoms with van der Waals surface area (Å²) in [5.74, 6) is -2.71. The number of phenolic OH excluding ortho intramolecular Hbond substituents is 1. The molecule has 0 aliphatic rings. The number of amides is 2. The number of carbonyl (C=O) groups excluding carboxylic acids is 3. The lowest BCUT2D eigenvalue weighted by molar-refractivity contribution is -0.119. The molecule has 0 atom stereocenters. The van der Waals surface area contributed by atoms with Crippen LogP contribution >= 0.6 is 0 Å². The van der Waals surface area contributed by atoms with Crippen molar-refractivity contribution in [2.75, 3.05) is 17.2 Å². The number of para-hydroxylation sites is 1. The van der Waals surface area contributed by atoms with E-state index in [9.17, 15) is 23.9 Å². The zero-order valence-electron chi connectivity index (χ0n) is 16.5. The number of phenols is 1. The number of benzene rings is 3. The van der Waals surface area contributed by atoms with Crippen LogP contribution in [0.15, 0.2) is 66.7 Å². The highest BCUT2D eigenvalue weighted by Crippen LogP contribution is 2.20. The Kier molecular flexibility index (Phi) is 6.61. The molecule has 3 rings (SSSR count). The van der Waals surface area contributed by atoms with Crippen LogP contribution in [0.3, 0.4) is 0 Å². The van der Waals surface area contributed by atoms with Crippen LogP contribution < -0.4 is 10.6 Å². The molecular weight excluding hydrogens is 403 g/mol. The highest BCUT2D eigenvalue weighted by molar-refractivity contribution is 6.10. The van der Waals surface area contributed by atoms with E-state index in [-0.39, 0.29) is 22.6 Å². The summed E-state index contributed by atoms with van der Waals surface area (Å²) in [6.45, 7) is 1.14. The molecule has 0 heterocycles. The monoisotopic (exact) mass is 422 g/mol. The first-order valence-electron chi connectivity index (χ1n) is 9.26. The number of rotatable bonds is 6. The van der Waals surface area contributed by atoms with Crippen molar-refractivity contribution in [3.05, 3.63) is 89.2 Å². The van der Waals surface area contributed by atoms with Gasteiger partial charge in [0, 0.05) is 5.69 Å². The van der Waals surface area contributed by atoms with Crippen LogP contribution in [0.4, 0.5) is 15.8 Å². The summed E-state index contributed by atoms with van der Waals surface area (Å²) in [6, 6.07) is 16.0. The van der Waals surface area contributed by atoms with Crippen molar-refractivity contribution in [1.82, 2.24) is 0 Å². The lowest BCUT2D eigenvalue weighted by atomic mass is 10.1. The molecule has 0 fully saturated rings. The predicted molar refractivity (Wildman–Crippen MR) is 113 cm³/mol. The van der Waals surface area contributed by atoms with Crippen LogP contribution in [0.2, 0.25) is 0 Å². The molecule has 0 saturated carbocycles. The molecule has 8 heteroatoms. The molecule has 0 radical (unpaired) electrons. The number of halogens is 1. The van der Waals surface area contributed by atoms with Crippen LogP contribution in [-0.2, 0) is 9.53 Å². The summed E-state index contributed by atoms with van der Waals surface area (Å²) in [7, 11) is 0. The van der Waals surface area contributed by atoms with Gasteiger partial charge in [0.15, 0.2) is 6.61 Å². The summed E-state index contributed by atoms with van der Waals surface area (Å²) < 4.78 is 18.0. The molecule has 0 aliphatic heterocycles. The summed E-state index contributed by atoms with van der Waals surface area (Å²) in [5.41, 5.74) is 1.46. The van der Waals surface area contributed by atoms with Gasteiger partial charge in [0.25, 0.3) is 11.8 Å². The van der Waals surface area contributed by atoms with Crippen molar-refractivity contribution in [3.63, 3.8) is 0 Å². The zero-order valence-corrected chi connectivity index (χ0v) is 16.5. The second kappa shape index (κ2) is 9.53. The fourth-order valence-corrected chi connectivity index (χ4v) is 2.73. The number of esters is 1. The van der Waals surface area contributed by atoms with Crippen LogP contribution in [0.25, 0.3) is 0 Å². The SMILES string of the molecule is Cc1ccc(O)c(C(=O)OCC(=O)Nc2ccccc2C(=O)Nc2ccc(F)cc2)c1. The molecule has 0 aromatic heterocycles. The number of carbonyl (C=O) groups is 3. The Hall–Kier alpha value is -4.20. The molecule has 0 unspecified atom stereocenters. The summed E-state index contributed by atoms with van der Waals surface area (Å²) in [4.78, 5) is 36.9. The molecule has 3 N–H and O–H groups in total. The second-order valence-electron chi connectivity index (χ2n) is 6.65. The first-order chi connectivity index (χ1) is 14.8. The Labute approximate surface area is 177 Å². The maximum Gasteiger partial charge on any atom is 0.342 e. The first kappa shape index (κ1) is 21.5. The Bertz CT molecular complexity index is 1130. The van der Waals surface area contributed by atoms with Gasteiger partial charge in [-0.05, 0) is 55.5 Å². The molecule has 3 aromatic carbocycles. The highest BCUT2D eigenvalue weighted by Gasteiger charge is 2.17. The third kappa shape index (κ3) is 5.66. The van der Waals surface area contributed by atoms with Gasteiger partial charge in [0.2, 0.25) is 0 Å². The number of nitrogens with one attached hydrogen (secondary N) is 2. The van der Waals surface area contributed by atoms with Crippen molar-refractivity contribution in [2.24, 2.45) is 0 Å². The van der Waals surface area contributed by atoms with E-state index in [4.69, 9.17) is 4.74 Å². The van der Waals surface area contributed by atoms with E-state index in [0.717, 1.165) is 5.56 Å². The molecule has 0 bridgehead atoms. The van der Waals surface area contributed by atoms with Gasteiger partial charge in [0.05, 0.1) is 11.3 Å². The van der Waals surface area contributed by atoms with Crippen LogP contribution in [0.5, 0.6) is 5.75 Å². The average Bonchev–Trinajstić information content (AvgIpc) is 2.75. The van der Waals surface area contributed by atoms with Gasteiger partial charge in [-0.3, -0.25) is 9.59 Å². The molecule has 158 valence electrons. The van der Waals surface area contributed by atoms with Gasteiger partial charge in [-0.1, -0.05) is 23.8 Å². The molecule has 0 aliphatic carbocycles. The van der Waals surface area contributed by atoms with Gasteiger partial charge in [0.1, 0.15) is 17.1 Å². The summed E-state index contributed by atoms with van der Waals surface area (Å²) in [5, 5.41) is 14.9. The molecule has 2 amide bonds. The van der Waals surface area contributed by atoms with E-state index in [1.807, 2.05) is 0 Å². The number of hydrogen-bond acceptors (Lipinski definition) is 5. The minimum atomic E-state index is -0.848. The Balaban J connectivity index is 1.64. The Morgan fingerprint density at radius 3 is 2.39 bits per heavy atom. The minimum absolute atomic E-state index is 0.0492. The maximum absolute atomic E-state index is 13.0. The third-order valence-electron chi connectivity index (χ3n) is 4.25. The fourth-order valence-electron chi connectivity index (χ4n) is 2.73. The number of hydrogen-bond donors (Lipinski definition) is 3. The van der Waals surface area contributed by atoms with Crippen LogP contribution in [0, 0.1) is 12.7 Å². The number of anilines is 2. The zero-order chi connectivity index (χ0) is 22.4. The average molecular weight is 422 g/mol. The number of aryl methyl sites for hydroxylation is 1. The van der Waals surface area contributed by atoms with Crippen molar-refractivity contribution in [3.8, 4) is 5.75 Å². The van der Waals surface area contributed by atoms with Crippen molar-refractivity contribution in [1.29, 1.82) is 0 Å². The standard InChI is InChI=1S/C23H19FN2O5/c1-14-6-11-20(27)18(12-14)23(30)31-13-21(28)26-19-5-3-2-4-17(19)22(29)25-16-9-7-15(24)8-10-16/h2-12,27H,13H2,1H3,(H,25,29)(H,26,28). The van der Waals surface area contributed by atoms with Crippen molar-refractivity contribution < 1.29 is 28.6 Å². The van der Waals surface area contributed by atoms with E-state index in [1.54, 1.807) is 25.1 Å². The smallest absolute Gasteiger partial charge is 0.342 e. The molecule has 0 spiro atoms. The topological polar surface area (TPSA) is 105 Å². The molecular formula is C23H19FN2O5. The quantitative estimate of drug-likeness (QED) is 0.523. The lowest BCUT2D eigenvalue weighted by Crippen LogP contribution is -2.23. The Morgan fingerprint density at radius 2 is 1.65 bits per heavy atom. The minimum Gasteiger partial charge on any atom is -0.507 e. The van der Waals surface area contributed by atoms with Crippen LogP contribution in [-0.4, -0.2) is 29.5 Å². The summed E-state index contributed by atoms with van der Waals surface area (Å²) >= 11 is 0. The first-order valence-corrected chi connectivity index (χ1v) is 9.26. The van der Waals surface area contributed by atoms with Crippen molar-refractivity contribution >= 4 is 29.2 Å². The van der Waals surface area contributed by atoms with E-state index in [1.165, 1.54) is 48.5 Å². The molecule has 0 saturated heterocycles. The van der Waals surface area contributed by atoms with E-state index in [2.05, 4.69) is 10.6 Å². The van der Waals surface area contributed by atoms with Gasteiger partial charge in [-0.2, -0.15) is 0 Å². The van der Waals surface area contributed by atoms with Gasteiger partial charge in [-0.15, -0.1) is 0 Å².